The highest BCUT2D eigenvalue weighted by Crippen LogP contribution is 2.33. The Morgan fingerprint density at radius 3 is 1.77 bits per heavy atom. The first-order valence-corrected chi connectivity index (χ1v) is 13.3. The van der Waals surface area contributed by atoms with Gasteiger partial charge in [0.25, 0.3) is 0 Å². The molecule has 40 heavy (non-hydrogen) atoms. The standard InChI is InChI=1S/C36H25N3O/c1-24(40)27-12-9-13-28(22-27)33-23-32(37-36(38-33)26-10-3-2-4-11-26)25-18-20-29(21-19-25)39-34-16-7-5-14-30(34)31-15-6-8-17-35(31)39/h2-23H,1H3. The van der Waals surface area contributed by atoms with Crippen LogP contribution >= 0.6 is 0 Å². The van der Waals surface area contributed by atoms with E-state index in [-0.39, 0.29) is 5.78 Å². The van der Waals surface area contributed by atoms with Gasteiger partial charge in [-0.1, -0.05) is 97.1 Å². The first-order valence-electron chi connectivity index (χ1n) is 13.3. The van der Waals surface area contributed by atoms with Gasteiger partial charge in [-0.05, 0) is 43.3 Å². The van der Waals surface area contributed by atoms with Gasteiger partial charge in [-0.2, -0.15) is 0 Å². The van der Waals surface area contributed by atoms with Crippen LogP contribution in [0.3, 0.4) is 0 Å². The maximum atomic E-state index is 12.1. The number of hydrogen-bond acceptors (Lipinski definition) is 3. The third kappa shape index (κ3) is 4.16. The van der Waals surface area contributed by atoms with Gasteiger partial charge in [-0.15, -0.1) is 0 Å². The zero-order valence-electron chi connectivity index (χ0n) is 22.0. The van der Waals surface area contributed by atoms with Crippen LogP contribution in [0, 0.1) is 0 Å². The van der Waals surface area contributed by atoms with Crippen LogP contribution in [0.4, 0.5) is 0 Å². The van der Waals surface area contributed by atoms with Crippen molar-refractivity contribution in [2.75, 3.05) is 0 Å². The first-order chi connectivity index (χ1) is 19.7. The normalized spacial score (nSPS) is 11.2. The fourth-order valence-corrected chi connectivity index (χ4v) is 5.34. The minimum absolute atomic E-state index is 0.0278. The summed E-state index contributed by atoms with van der Waals surface area (Å²) in [7, 11) is 0. The molecule has 0 aliphatic heterocycles. The Morgan fingerprint density at radius 2 is 1.12 bits per heavy atom. The van der Waals surface area contributed by atoms with E-state index in [1.165, 1.54) is 21.8 Å². The highest BCUT2D eigenvalue weighted by Gasteiger charge is 2.14. The number of Topliss-reactive ketones (excluding diaryl/α,β-unsaturated/α-hetero) is 1. The number of hydrogen-bond donors (Lipinski definition) is 0. The number of benzene rings is 5. The van der Waals surface area contributed by atoms with Gasteiger partial charge >= 0.3 is 0 Å². The van der Waals surface area contributed by atoms with Crippen molar-refractivity contribution in [3.63, 3.8) is 0 Å². The van der Waals surface area contributed by atoms with Gasteiger partial charge in [-0.25, -0.2) is 9.97 Å². The molecule has 0 aliphatic carbocycles. The molecule has 190 valence electrons. The summed E-state index contributed by atoms with van der Waals surface area (Å²) >= 11 is 0. The van der Waals surface area contributed by atoms with Crippen molar-refractivity contribution in [1.82, 2.24) is 14.5 Å². The van der Waals surface area contributed by atoms with E-state index in [1.54, 1.807) is 6.92 Å². The topological polar surface area (TPSA) is 47.8 Å². The second-order valence-corrected chi connectivity index (χ2v) is 9.88. The fraction of sp³-hybridized carbons (Fsp3) is 0.0278. The molecule has 4 nitrogen and oxygen atoms in total. The molecule has 0 bridgehead atoms. The van der Waals surface area contributed by atoms with Crippen molar-refractivity contribution < 1.29 is 4.79 Å². The van der Waals surface area contributed by atoms with Gasteiger partial charge in [-0.3, -0.25) is 4.79 Å². The van der Waals surface area contributed by atoms with Gasteiger partial charge in [0.2, 0.25) is 0 Å². The van der Waals surface area contributed by atoms with Crippen LogP contribution in [-0.2, 0) is 0 Å². The Kier molecular flexibility index (Phi) is 5.79. The van der Waals surface area contributed by atoms with Crippen LogP contribution in [0.2, 0.25) is 0 Å². The van der Waals surface area contributed by atoms with Crippen LogP contribution < -0.4 is 0 Å². The molecule has 5 aromatic carbocycles. The molecule has 2 heterocycles. The van der Waals surface area contributed by atoms with Crippen LogP contribution in [0.1, 0.15) is 17.3 Å². The van der Waals surface area contributed by atoms with E-state index in [0.717, 1.165) is 33.8 Å². The molecular weight excluding hydrogens is 490 g/mol. The van der Waals surface area contributed by atoms with Crippen LogP contribution in [0.25, 0.3) is 61.4 Å². The van der Waals surface area contributed by atoms with Crippen molar-refractivity contribution in [2.45, 2.75) is 6.92 Å². The number of fused-ring (bicyclic) bond motifs is 3. The largest absolute Gasteiger partial charge is 0.309 e. The lowest BCUT2D eigenvalue weighted by Crippen LogP contribution is -1.98. The monoisotopic (exact) mass is 515 g/mol. The Morgan fingerprint density at radius 1 is 0.550 bits per heavy atom. The summed E-state index contributed by atoms with van der Waals surface area (Å²) in [6.45, 7) is 1.58. The van der Waals surface area contributed by atoms with E-state index in [4.69, 9.17) is 9.97 Å². The molecule has 0 spiro atoms. The van der Waals surface area contributed by atoms with Gasteiger partial charge in [0, 0.05) is 38.7 Å². The van der Waals surface area contributed by atoms with E-state index in [9.17, 15) is 4.79 Å². The lowest BCUT2D eigenvalue weighted by molar-refractivity contribution is 0.101. The number of nitrogens with zero attached hydrogens (tertiary/aromatic N) is 3. The zero-order valence-corrected chi connectivity index (χ0v) is 22.0. The summed E-state index contributed by atoms with van der Waals surface area (Å²) in [5.41, 5.74) is 8.53. The Hall–Kier alpha value is -5.35. The molecule has 0 saturated carbocycles. The van der Waals surface area contributed by atoms with Gasteiger partial charge in [0.1, 0.15) is 0 Å². The lowest BCUT2D eigenvalue weighted by atomic mass is 10.0. The predicted molar refractivity (Wildman–Crippen MR) is 163 cm³/mol. The highest BCUT2D eigenvalue weighted by atomic mass is 16.1. The van der Waals surface area contributed by atoms with Crippen LogP contribution in [-0.4, -0.2) is 20.3 Å². The quantitative estimate of drug-likeness (QED) is 0.215. The number of carbonyl (C=O) groups is 1. The highest BCUT2D eigenvalue weighted by molar-refractivity contribution is 6.09. The smallest absolute Gasteiger partial charge is 0.160 e. The molecule has 0 atom stereocenters. The zero-order chi connectivity index (χ0) is 27.1. The molecule has 0 aliphatic rings. The molecule has 0 amide bonds. The minimum Gasteiger partial charge on any atom is -0.309 e. The SMILES string of the molecule is CC(=O)c1cccc(-c2cc(-c3ccc(-n4c5ccccc5c5ccccc54)cc3)nc(-c3ccccc3)n2)c1. The van der Waals surface area contributed by atoms with Crippen molar-refractivity contribution in [1.29, 1.82) is 0 Å². The Balaban J connectivity index is 1.36. The molecule has 0 unspecified atom stereocenters. The van der Waals surface area contributed by atoms with Gasteiger partial charge in [0.05, 0.1) is 22.4 Å². The molecule has 2 aromatic heterocycles. The summed E-state index contributed by atoms with van der Waals surface area (Å²) in [5.74, 6) is 0.674. The molecule has 4 heteroatoms. The fourth-order valence-electron chi connectivity index (χ4n) is 5.34. The Bertz CT molecular complexity index is 1970. The predicted octanol–water partition coefficient (Wildman–Crippen LogP) is 8.78. The second kappa shape index (κ2) is 9.75. The summed E-state index contributed by atoms with van der Waals surface area (Å²) in [6, 6.07) is 45.2. The van der Waals surface area contributed by atoms with Gasteiger partial charge in [0.15, 0.2) is 11.6 Å². The van der Waals surface area contributed by atoms with Crippen LogP contribution in [0.5, 0.6) is 0 Å². The second-order valence-electron chi connectivity index (χ2n) is 9.88. The number of para-hydroxylation sites is 2. The average molecular weight is 516 g/mol. The summed E-state index contributed by atoms with van der Waals surface area (Å²) < 4.78 is 2.31. The van der Waals surface area contributed by atoms with Crippen molar-refractivity contribution in [2.24, 2.45) is 0 Å². The lowest BCUT2D eigenvalue weighted by Gasteiger charge is -2.12. The number of aromatic nitrogens is 3. The number of rotatable bonds is 5. The average Bonchev–Trinajstić information content (AvgIpc) is 3.36. The number of carbonyl (C=O) groups excluding carboxylic acids is 1. The molecule has 7 aromatic rings. The third-order valence-electron chi connectivity index (χ3n) is 7.32. The van der Waals surface area contributed by atoms with E-state index in [2.05, 4.69) is 77.4 Å². The molecular formula is C36H25N3O. The van der Waals surface area contributed by atoms with Crippen molar-refractivity contribution >= 4 is 27.6 Å². The van der Waals surface area contributed by atoms with E-state index >= 15 is 0 Å². The number of ketones is 1. The van der Waals surface area contributed by atoms with E-state index in [0.29, 0.717) is 11.4 Å². The third-order valence-corrected chi connectivity index (χ3v) is 7.32. The van der Waals surface area contributed by atoms with E-state index < -0.39 is 0 Å². The maximum absolute atomic E-state index is 12.1. The summed E-state index contributed by atoms with van der Waals surface area (Å²) in [5, 5.41) is 2.48. The van der Waals surface area contributed by atoms with E-state index in [1.807, 2.05) is 60.7 Å². The van der Waals surface area contributed by atoms with Crippen LogP contribution in [0.15, 0.2) is 133 Å². The minimum atomic E-state index is 0.0278. The summed E-state index contributed by atoms with van der Waals surface area (Å²) in [4.78, 5) is 21.9. The summed E-state index contributed by atoms with van der Waals surface area (Å²) in [6.07, 6.45) is 0. The van der Waals surface area contributed by atoms with Crippen molar-refractivity contribution in [3.05, 3.63) is 139 Å². The molecule has 0 N–H and O–H groups in total. The molecule has 7 rings (SSSR count). The van der Waals surface area contributed by atoms with Gasteiger partial charge < -0.3 is 4.57 Å². The Labute approximate surface area is 232 Å². The first kappa shape index (κ1) is 23.7. The van der Waals surface area contributed by atoms with Crippen molar-refractivity contribution in [3.8, 4) is 39.6 Å². The molecule has 0 radical (unpaired) electrons. The maximum Gasteiger partial charge on any atom is 0.160 e. The molecule has 0 saturated heterocycles. The molecule has 0 fully saturated rings.